The molecule has 11 heteroatoms. The first kappa shape index (κ1) is 23.0. The van der Waals surface area contributed by atoms with E-state index in [9.17, 15) is 18.0 Å². The number of benzene rings is 2. The van der Waals surface area contributed by atoms with E-state index in [0.717, 1.165) is 6.07 Å². The average Bonchev–Trinajstić information content (AvgIpc) is 2.79. The minimum atomic E-state index is -3.96. The molecule has 32 heavy (non-hydrogen) atoms. The molecule has 0 saturated heterocycles. The molecule has 3 aromatic rings. The first-order valence-corrected chi connectivity index (χ1v) is 11.0. The summed E-state index contributed by atoms with van der Waals surface area (Å²) < 4.78 is 37.7. The van der Waals surface area contributed by atoms with Crippen LogP contribution in [0.25, 0.3) is 0 Å². The van der Waals surface area contributed by atoms with Crippen molar-refractivity contribution in [2.24, 2.45) is 0 Å². The van der Waals surface area contributed by atoms with Gasteiger partial charge in [0.2, 0.25) is 0 Å². The highest BCUT2D eigenvalue weighted by atomic mass is 35.5. The van der Waals surface area contributed by atoms with E-state index in [0.29, 0.717) is 16.5 Å². The number of pyridine rings is 1. The van der Waals surface area contributed by atoms with Crippen LogP contribution >= 0.6 is 11.6 Å². The molecule has 1 amide bonds. The number of carbonyl (C=O) groups excluding carboxylic acids is 2. The van der Waals surface area contributed by atoms with Gasteiger partial charge in [0, 0.05) is 11.9 Å². The number of hydrogen-bond acceptors (Lipinski definition) is 7. The van der Waals surface area contributed by atoms with Crippen LogP contribution in [0, 0.1) is 0 Å². The fraction of sp³-hybridized carbons (Fsp3) is 0.0952. The van der Waals surface area contributed by atoms with Gasteiger partial charge in [0.05, 0.1) is 22.6 Å². The van der Waals surface area contributed by atoms with Crippen molar-refractivity contribution in [3.8, 4) is 5.75 Å². The Balaban J connectivity index is 1.62. The van der Waals surface area contributed by atoms with Crippen molar-refractivity contribution < 1.29 is 27.5 Å². The number of anilines is 2. The average molecular weight is 476 g/mol. The molecular formula is C21H18ClN3O6S. The van der Waals surface area contributed by atoms with E-state index in [4.69, 9.17) is 21.1 Å². The maximum atomic E-state index is 12.6. The Labute approximate surface area is 189 Å². The minimum Gasteiger partial charge on any atom is -0.497 e. The monoisotopic (exact) mass is 475 g/mol. The van der Waals surface area contributed by atoms with Crippen molar-refractivity contribution in [3.05, 3.63) is 77.4 Å². The third kappa shape index (κ3) is 6.19. The Hall–Kier alpha value is -3.63. The molecule has 166 valence electrons. The number of hydrogen-bond donors (Lipinski definition) is 2. The fourth-order valence-corrected chi connectivity index (χ4v) is 3.72. The molecule has 0 radical (unpaired) electrons. The van der Waals surface area contributed by atoms with E-state index >= 15 is 0 Å². The zero-order valence-electron chi connectivity index (χ0n) is 16.7. The van der Waals surface area contributed by atoms with Crippen LogP contribution in [0.1, 0.15) is 10.4 Å². The number of ether oxygens (including phenoxy) is 2. The number of methoxy groups -OCH3 is 1. The molecule has 0 aliphatic carbocycles. The zero-order chi connectivity index (χ0) is 23.1. The summed E-state index contributed by atoms with van der Waals surface area (Å²) in [5.74, 6) is -0.648. The predicted molar refractivity (Wildman–Crippen MR) is 118 cm³/mol. The molecule has 2 N–H and O–H groups in total. The number of halogens is 1. The van der Waals surface area contributed by atoms with E-state index in [2.05, 4.69) is 15.0 Å². The van der Waals surface area contributed by atoms with Crippen molar-refractivity contribution in [2.75, 3.05) is 23.8 Å². The third-order valence-corrected chi connectivity index (χ3v) is 5.65. The predicted octanol–water partition coefficient (Wildman–Crippen LogP) is 3.34. The van der Waals surface area contributed by atoms with Crippen molar-refractivity contribution >= 4 is 45.0 Å². The van der Waals surface area contributed by atoms with Crippen LogP contribution in [0.2, 0.25) is 5.02 Å². The first-order chi connectivity index (χ1) is 15.3. The molecule has 1 heterocycles. The van der Waals surface area contributed by atoms with Crippen molar-refractivity contribution in [1.29, 1.82) is 0 Å². The minimum absolute atomic E-state index is 0.0278. The van der Waals surface area contributed by atoms with Crippen LogP contribution in [-0.4, -0.2) is 39.0 Å². The quantitative estimate of drug-likeness (QED) is 0.479. The molecule has 0 atom stereocenters. The van der Waals surface area contributed by atoms with Gasteiger partial charge in [-0.05, 0) is 54.6 Å². The molecule has 3 rings (SSSR count). The fourth-order valence-electron chi connectivity index (χ4n) is 2.51. The summed E-state index contributed by atoms with van der Waals surface area (Å²) in [6.07, 6.45) is 1.36. The second-order valence-corrected chi connectivity index (χ2v) is 8.47. The topological polar surface area (TPSA) is 124 Å². The highest BCUT2D eigenvalue weighted by Crippen LogP contribution is 2.20. The molecule has 0 bridgehead atoms. The molecule has 0 spiro atoms. The van der Waals surface area contributed by atoms with E-state index in [-0.39, 0.29) is 16.3 Å². The summed E-state index contributed by atoms with van der Waals surface area (Å²) in [7, 11) is -2.46. The van der Waals surface area contributed by atoms with E-state index < -0.39 is 28.5 Å². The van der Waals surface area contributed by atoms with Gasteiger partial charge in [-0.15, -0.1) is 0 Å². The lowest BCUT2D eigenvalue weighted by molar-refractivity contribution is -0.119. The number of amides is 1. The number of nitrogens with one attached hydrogen (secondary N) is 2. The molecule has 0 fully saturated rings. The molecule has 0 aliphatic rings. The second-order valence-electron chi connectivity index (χ2n) is 6.35. The van der Waals surface area contributed by atoms with E-state index in [1.807, 2.05) is 0 Å². The summed E-state index contributed by atoms with van der Waals surface area (Å²) >= 11 is 5.72. The van der Waals surface area contributed by atoms with Crippen molar-refractivity contribution in [3.63, 3.8) is 0 Å². The Bertz CT molecular complexity index is 1220. The normalized spacial score (nSPS) is 10.8. The second kappa shape index (κ2) is 10.1. The van der Waals surface area contributed by atoms with Crippen LogP contribution in [0.4, 0.5) is 11.5 Å². The lowest BCUT2D eigenvalue weighted by atomic mass is 10.2. The lowest BCUT2D eigenvalue weighted by Crippen LogP contribution is -2.21. The van der Waals surface area contributed by atoms with Gasteiger partial charge in [-0.1, -0.05) is 17.7 Å². The van der Waals surface area contributed by atoms with Crippen molar-refractivity contribution in [2.45, 2.75) is 4.90 Å². The molecule has 0 aliphatic heterocycles. The Kier molecular flexibility index (Phi) is 7.29. The number of esters is 1. The van der Waals surface area contributed by atoms with Crippen LogP contribution in [0.15, 0.2) is 71.8 Å². The highest BCUT2D eigenvalue weighted by molar-refractivity contribution is 7.92. The number of rotatable bonds is 8. The van der Waals surface area contributed by atoms with Crippen LogP contribution in [0.3, 0.4) is 0 Å². The summed E-state index contributed by atoms with van der Waals surface area (Å²) in [5.41, 5.74) is 0.297. The van der Waals surface area contributed by atoms with Crippen LogP contribution in [0.5, 0.6) is 5.75 Å². The van der Waals surface area contributed by atoms with Crippen LogP contribution in [-0.2, 0) is 19.6 Å². The van der Waals surface area contributed by atoms with Gasteiger partial charge in [-0.2, -0.15) is 0 Å². The van der Waals surface area contributed by atoms with Crippen molar-refractivity contribution in [1.82, 2.24) is 4.98 Å². The molecule has 1 aromatic heterocycles. The third-order valence-electron chi connectivity index (χ3n) is 4.05. The first-order valence-electron chi connectivity index (χ1n) is 9.12. The smallest absolute Gasteiger partial charge is 0.338 e. The van der Waals surface area contributed by atoms with Gasteiger partial charge in [0.15, 0.2) is 6.61 Å². The molecule has 2 aromatic carbocycles. The Morgan fingerprint density at radius 2 is 1.81 bits per heavy atom. The van der Waals surface area contributed by atoms with Gasteiger partial charge in [0.1, 0.15) is 11.6 Å². The maximum Gasteiger partial charge on any atom is 0.338 e. The highest BCUT2D eigenvalue weighted by Gasteiger charge is 2.18. The van der Waals surface area contributed by atoms with Gasteiger partial charge in [0.25, 0.3) is 15.9 Å². The lowest BCUT2D eigenvalue weighted by Gasteiger charge is -2.10. The summed E-state index contributed by atoms with van der Waals surface area (Å²) in [5, 5.41) is 2.85. The summed E-state index contributed by atoms with van der Waals surface area (Å²) in [6, 6.07) is 14.6. The molecule has 0 saturated carbocycles. The molecule has 9 nitrogen and oxygen atoms in total. The van der Waals surface area contributed by atoms with Gasteiger partial charge in [-0.25, -0.2) is 18.2 Å². The molecular weight excluding hydrogens is 458 g/mol. The summed E-state index contributed by atoms with van der Waals surface area (Å²) in [6.45, 7) is -0.579. The van der Waals surface area contributed by atoms with E-state index in [1.165, 1.54) is 37.6 Å². The number of aromatic nitrogens is 1. The van der Waals surface area contributed by atoms with Gasteiger partial charge >= 0.3 is 5.97 Å². The Morgan fingerprint density at radius 1 is 1.06 bits per heavy atom. The SMILES string of the molecule is COc1ccc(NS(=O)(=O)c2cccc(C(=O)OCC(=O)Nc3ccc(Cl)cn3)c2)cc1. The van der Waals surface area contributed by atoms with Gasteiger partial charge in [-0.3, -0.25) is 9.52 Å². The van der Waals surface area contributed by atoms with Gasteiger partial charge < -0.3 is 14.8 Å². The standard InChI is InChI=1S/C21H18ClN3O6S/c1-30-17-8-6-16(7-9-17)25-32(28,29)18-4-2-3-14(11-18)21(27)31-13-20(26)24-19-10-5-15(22)12-23-19/h2-12,25H,13H2,1H3,(H,23,24,26). The van der Waals surface area contributed by atoms with Crippen LogP contribution < -0.4 is 14.8 Å². The largest absolute Gasteiger partial charge is 0.497 e. The number of carbonyl (C=O) groups is 2. The number of sulfonamides is 1. The number of nitrogens with zero attached hydrogens (tertiary/aromatic N) is 1. The maximum absolute atomic E-state index is 12.6. The molecule has 0 unspecified atom stereocenters. The summed E-state index contributed by atoms with van der Waals surface area (Å²) in [4.78, 5) is 28.0. The Morgan fingerprint density at radius 3 is 2.47 bits per heavy atom. The van der Waals surface area contributed by atoms with E-state index in [1.54, 1.807) is 30.3 Å². The zero-order valence-corrected chi connectivity index (χ0v) is 18.3.